The maximum atomic E-state index is 14.0. The number of carbonyl (C=O) groups is 1. The van der Waals surface area contributed by atoms with Crippen LogP contribution >= 0.6 is 0 Å². The van der Waals surface area contributed by atoms with E-state index in [0.29, 0.717) is 74.5 Å². The predicted molar refractivity (Wildman–Crippen MR) is 222 cm³/mol. The van der Waals surface area contributed by atoms with Crippen LogP contribution in [-0.2, 0) is 24.5 Å². The third kappa shape index (κ3) is 6.92. The Morgan fingerprint density at radius 2 is 1.62 bits per heavy atom. The summed E-state index contributed by atoms with van der Waals surface area (Å²) in [6, 6.07) is 0. The third-order valence-corrected chi connectivity index (χ3v) is 21.9. The third-order valence-electron chi connectivity index (χ3n) is 18.6. The summed E-state index contributed by atoms with van der Waals surface area (Å²) in [6.07, 6.45) is 16.3. The molecule has 0 spiro atoms. The molecule has 10 atom stereocenters. The smallest absolute Gasteiger partial charge is 0.312 e. The monoisotopic (exact) mass is 820 g/mol. The molecule has 7 aliphatic rings. The van der Waals surface area contributed by atoms with Crippen LogP contribution in [0.4, 0.5) is 4.39 Å². The summed E-state index contributed by atoms with van der Waals surface area (Å²) in [4.78, 5) is 14.0. The van der Waals surface area contributed by atoms with E-state index in [4.69, 9.17) is 0 Å². The summed E-state index contributed by atoms with van der Waals surface area (Å²) in [5, 5.41) is 13.8. The summed E-state index contributed by atoms with van der Waals surface area (Å²) in [5.74, 6) is 2.85. The number of rotatable bonds is 11. The van der Waals surface area contributed by atoms with Crippen LogP contribution < -0.4 is 5.32 Å². The molecule has 0 unspecified atom stereocenters. The van der Waals surface area contributed by atoms with Gasteiger partial charge in [0, 0.05) is 31.7 Å². The molecule has 318 valence electrons. The molecule has 11 heteroatoms. The SMILES string of the molecule is CC(C)[C@@H]1CC[C@]2(NCCS(=O)(=O)CCN3CCS(=O)(=O)CC3)CC[C@]3(C)[C@H](CC[C@@H]4[C@@]5(C)CC=C(C6=CC[C@](CF)(C(=O)O)CC6)C(C)(C)[C@@H]5CC[C@]43C)[C@@H]12. The van der Waals surface area contributed by atoms with Crippen LogP contribution in [0.25, 0.3) is 0 Å². The van der Waals surface area contributed by atoms with Gasteiger partial charge in [0.15, 0.2) is 19.7 Å². The number of sulfone groups is 2. The Morgan fingerprint density at radius 3 is 2.25 bits per heavy atom. The van der Waals surface area contributed by atoms with Crippen molar-refractivity contribution in [3.05, 3.63) is 23.3 Å². The molecule has 1 saturated heterocycles. The fourth-order valence-electron chi connectivity index (χ4n) is 15.2. The minimum absolute atomic E-state index is 0.0290. The van der Waals surface area contributed by atoms with Crippen molar-refractivity contribution in [3.63, 3.8) is 0 Å². The van der Waals surface area contributed by atoms with Crippen LogP contribution in [0.2, 0.25) is 0 Å². The fourth-order valence-corrected chi connectivity index (χ4v) is 17.6. The van der Waals surface area contributed by atoms with Crippen molar-refractivity contribution in [2.45, 2.75) is 131 Å². The highest BCUT2D eigenvalue weighted by molar-refractivity contribution is 7.91. The molecule has 5 fully saturated rings. The summed E-state index contributed by atoms with van der Waals surface area (Å²) >= 11 is 0. The van der Waals surface area contributed by atoms with E-state index < -0.39 is 37.7 Å². The van der Waals surface area contributed by atoms with Crippen molar-refractivity contribution >= 4 is 25.6 Å². The Balaban J connectivity index is 1.08. The molecular weight excluding hydrogens is 748 g/mol. The normalized spacial score (nSPS) is 43.5. The zero-order chi connectivity index (χ0) is 40.7. The second kappa shape index (κ2) is 14.7. The lowest BCUT2D eigenvalue weighted by Crippen LogP contribution is -2.68. The predicted octanol–water partition coefficient (Wildman–Crippen LogP) is 7.90. The molecule has 0 bridgehead atoms. The first-order valence-corrected chi connectivity index (χ1v) is 25.8. The molecule has 4 saturated carbocycles. The van der Waals surface area contributed by atoms with E-state index in [1.807, 2.05) is 4.90 Å². The second-order valence-corrected chi connectivity index (χ2v) is 26.2. The zero-order valence-corrected chi connectivity index (χ0v) is 37.2. The first-order chi connectivity index (χ1) is 26.1. The molecule has 1 heterocycles. The van der Waals surface area contributed by atoms with Gasteiger partial charge in [-0.15, -0.1) is 0 Å². The molecule has 1 aliphatic heterocycles. The molecule has 0 aromatic rings. The minimum atomic E-state index is -3.28. The van der Waals surface area contributed by atoms with E-state index >= 15 is 0 Å². The molecule has 8 nitrogen and oxygen atoms in total. The quantitative estimate of drug-likeness (QED) is 0.216. The van der Waals surface area contributed by atoms with E-state index in [9.17, 15) is 31.1 Å². The lowest BCUT2D eigenvalue weighted by Gasteiger charge is -2.72. The number of halogens is 1. The van der Waals surface area contributed by atoms with Crippen LogP contribution in [-0.4, -0.2) is 94.2 Å². The van der Waals surface area contributed by atoms with E-state index in [0.717, 1.165) is 19.3 Å². The summed E-state index contributed by atoms with van der Waals surface area (Å²) < 4.78 is 64.4. The number of hydrogen-bond donors (Lipinski definition) is 2. The van der Waals surface area contributed by atoms with Gasteiger partial charge in [-0.25, -0.2) is 21.2 Å². The Bertz CT molecular complexity index is 1810. The number of aliphatic carboxylic acids is 1. The number of hydrogen-bond acceptors (Lipinski definition) is 7. The molecule has 7 rings (SSSR count). The number of carboxylic acid groups (broad SMARTS) is 1. The maximum Gasteiger partial charge on any atom is 0.312 e. The van der Waals surface area contributed by atoms with Crippen molar-refractivity contribution in [2.75, 3.05) is 55.9 Å². The average Bonchev–Trinajstić information content (AvgIpc) is 3.51. The second-order valence-electron chi connectivity index (χ2n) is 21.6. The molecule has 0 aromatic carbocycles. The molecule has 6 aliphatic carbocycles. The Hall–Kier alpha value is -1.30. The Morgan fingerprint density at radius 1 is 0.911 bits per heavy atom. The summed E-state index contributed by atoms with van der Waals surface area (Å²) in [5.41, 5.74) is 1.81. The molecule has 0 radical (unpaired) electrons. The lowest BCUT2D eigenvalue weighted by molar-refractivity contribution is -0.223. The van der Waals surface area contributed by atoms with Crippen molar-refractivity contribution in [1.82, 2.24) is 10.2 Å². The van der Waals surface area contributed by atoms with Crippen molar-refractivity contribution < 1.29 is 31.1 Å². The molecular formula is C45H73FN2O6S2. The number of alkyl halides is 1. The average molecular weight is 821 g/mol. The highest BCUT2D eigenvalue weighted by Gasteiger charge is 2.70. The van der Waals surface area contributed by atoms with Crippen molar-refractivity contribution in [2.24, 2.45) is 62.6 Å². The van der Waals surface area contributed by atoms with Gasteiger partial charge in [0.05, 0.1) is 28.4 Å². The number of nitrogens with one attached hydrogen (secondary N) is 1. The summed E-state index contributed by atoms with van der Waals surface area (Å²) in [7, 11) is -6.28. The van der Waals surface area contributed by atoms with E-state index in [2.05, 4.69) is 65.9 Å². The largest absolute Gasteiger partial charge is 0.481 e. The lowest BCUT2D eigenvalue weighted by atomic mass is 9.32. The molecule has 0 amide bonds. The van der Waals surface area contributed by atoms with Gasteiger partial charge < -0.3 is 15.3 Å². The number of nitrogens with zero attached hydrogens (tertiary/aromatic N) is 1. The van der Waals surface area contributed by atoms with E-state index in [1.54, 1.807) is 0 Å². The molecule has 56 heavy (non-hydrogen) atoms. The zero-order valence-electron chi connectivity index (χ0n) is 35.6. The van der Waals surface area contributed by atoms with Crippen LogP contribution in [0, 0.1) is 62.6 Å². The van der Waals surface area contributed by atoms with Gasteiger partial charge in [0.25, 0.3) is 0 Å². The Kier molecular flexibility index (Phi) is 11.2. The van der Waals surface area contributed by atoms with Gasteiger partial charge in [-0.05, 0) is 145 Å². The first kappa shape index (κ1) is 42.8. The fraction of sp³-hybridized carbons (Fsp3) is 0.889. The van der Waals surface area contributed by atoms with Crippen LogP contribution in [0.5, 0.6) is 0 Å². The van der Waals surface area contributed by atoms with Crippen LogP contribution in [0.1, 0.15) is 126 Å². The highest BCUT2D eigenvalue weighted by atomic mass is 32.2. The van der Waals surface area contributed by atoms with Gasteiger partial charge in [-0.2, -0.15) is 0 Å². The van der Waals surface area contributed by atoms with E-state index in [-0.39, 0.29) is 56.6 Å². The molecule has 0 aromatic heterocycles. The van der Waals surface area contributed by atoms with Gasteiger partial charge in [-0.1, -0.05) is 60.6 Å². The number of carboxylic acids is 1. The van der Waals surface area contributed by atoms with Gasteiger partial charge in [0.2, 0.25) is 0 Å². The van der Waals surface area contributed by atoms with E-state index in [1.165, 1.54) is 49.7 Å². The van der Waals surface area contributed by atoms with Crippen LogP contribution in [0.3, 0.4) is 0 Å². The first-order valence-electron chi connectivity index (χ1n) is 22.2. The van der Waals surface area contributed by atoms with Crippen LogP contribution in [0.15, 0.2) is 23.3 Å². The number of allylic oxidation sites excluding steroid dienone is 4. The molecule has 2 N–H and O–H groups in total. The highest BCUT2D eigenvalue weighted by Crippen LogP contribution is 2.76. The van der Waals surface area contributed by atoms with Gasteiger partial charge in [-0.3, -0.25) is 4.79 Å². The maximum absolute atomic E-state index is 14.0. The van der Waals surface area contributed by atoms with Gasteiger partial charge >= 0.3 is 5.97 Å². The topological polar surface area (TPSA) is 121 Å². The van der Waals surface area contributed by atoms with Crippen molar-refractivity contribution in [3.8, 4) is 0 Å². The standard InChI is InChI=1S/C45H73FN2O6S2/c1-31(2)33-12-19-45(47-22-26-55(51,52)27-23-48-24-28-56(53,54)29-25-48)21-20-42(6)35(38(33)45)8-9-37-41(5)15-13-34(40(3,4)36(41)14-16-43(37,42)7)32-10-17-44(30-46,18-11-32)39(49)50/h10,13,31,33,35-38,47H,8-9,11-12,14-30H2,1-7H3,(H,49,50)/t33-,35+,36-,37+,38+,41-,42+,43+,44-,45-/m0/s1. The van der Waals surface area contributed by atoms with Crippen molar-refractivity contribution in [1.29, 1.82) is 0 Å². The van der Waals surface area contributed by atoms with Gasteiger partial charge in [0.1, 0.15) is 6.67 Å². The Labute approximate surface area is 338 Å². The number of fused-ring (bicyclic) bond motifs is 7. The summed E-state index contributed by atoms with van der Waals surface area (Å²) in [6.45, 7) is 18.5. The minimum Gasteiger partial charge on any atom is -0.481 e.